The Morgan fingerprint density at radius 2 is 1.73 bits per heavy atom. The summed E-state index contributed by atoms with van der Waals surface area (Å²) in [5, 5.41) is 0. The summed E-state index contributed by atoms with van der Waals surface area (Å²) < 4.78 is 0. The first-order chi connectivity index (χ1) is 4.47. The van der Waals surface area contributed by atoms with Crippen molar-refractivity contribution in [2.75, 3.05) is 0 Å². The average molecular weight is 156 g/mol. The van der Waals surface area contributed by atoms with E-state index in [0.717, 1.165) is 6.42 Å². The second kappa shape index (κ2) is 3.86. The fraction of sp³-hybridized carbons (Fsp3) is 0.111. The number of benzene rings is 1. The van der Waals surface area contributed by atoms with Gasteiger partial charge in [0, 0.05) is 0 Å². The first-order valence-corrected chi connectivity index (χ1v) is 3.21. The van der Waals surface area contributed by atoms with Gasteiger partial charge in [0.1, 0.15) is 0 Å². The molecular formula is C9H10F2. The predicted octanol–water partition coefficient (Wildman–Crippen LogP) is 2.56. The maximum atomic E-state index is 2.20. The number of allylic oxidation sites excluding steroid dienone is 1. The van der Waals surface area contributed by atoms with E-state index in [0.29, 0.717) is 0 Å². The Hall–Kier alpha value is -1.18. The molecular weight excluding hydrogens is 146 g/mol. The van der Waals surface area contributed by atoms with Crippen molar-refractivity contribution in [1.82, 2.24) is 0 Å². The Morgan fingerprint density at radius 3 is 2.45 bits per heavy atom. The van der Waals surface area contributed by atoms with Crippen LogP contribution >= 0.6 is 0 Å². The highest BCUT2D eigenvalue weighted by Gasteiger charge is 2.00. The maximum absolute atomic E-state index is 2.20. The minimum absolute atomic E-state index is 0. The topological polar surface area (TPSA) is 0 Å². The summed E-state index contributed by atoms with van der Waals surface area (Å²) in [6.07, 6.45) is 5.50. The molecule has 0 radical (unpaired) electrons. The Kier molecular flexibility index (Phi) is 3.45. The highest BCUT2D eigenvalue weighted by atomic mass is 19.0. The number of hydrogen-bond donors (Lipinski definition) is 0. The monoisotopic (exact) mass is 156 g/mol. The summed E-state index contributed by atoms with van der Waals surface area (Å²) in [5.41, 5.74) is 2.84. The molecule has 0 atom stereocenters. The van der Waals surface area contributed by atoms with E-state index in [-0.39, 0.29) is 9.41 Å². The van der Waals surface area contributed by atoms with Gasteiger partial charge in [-0.2, -0.15) is 0 Å². The first-order valence-electron chi connectivity index (χ1n) is 3.21. The largest absolute Gasteiger partial charge is 0.269 e. The molecule has 0 heterocycles. The van der Waals surface area contributed by atoms with Crippen LogP contribution in [0, 0.1) is 0 Å². The number of rotatable bonds is 0. The van der Waals surface area contributed by atoms with E-state index in [1.165, 1.54) is 11.1 Å². The van der Waals surface area contributed by atoms with Crippen LogP contribution in [-0.4, -0.2) is 0 Å². The molecule has 0 nitrogen and oxygen atoms in total. The molecule has 1 aliphatic rings. The Bertz CT molecular complexity index is 253. The normalized spacial score (nSPS) is 11.3. The van der Waals surface area contributed by atoms with Crippen LogP contribution in [-0.2, 0) is 6.42 Å². The molecule has 2 heteroatoms. The van der Waals surface area contributed by atoms with Crippen LogP contribution in [0.3, 0.4) is 0 Å². The van der Waals surface area contributed by atoms with Gasteiger partial charge in [0.2, 0.25) is 0 Å². The van der Waals surface area contributed by atoms with Crippen molar-refractivity contribution in [3.05, 3.63) is 41.5 Å². The zero-order valence-corrected chi connectivity index (χ0v) is 5.99. The number of halogens is 2. The zero-order valence-electron chi connectivity index (χ0n) is 5.99. The van der Waals surface area contributed by atoms with Crippen LogP contribution in [0.4, 0.5) is 9.41 Å². The molecule has 0 saturated carbocycles. The lowest BCUT2D eigenvalue weighted by molar-refractivity contribution is 1.11. The number of hydrogen-bond acceptors (Lipinski definition) is 0. The van der Waals surface area contributed by atoms with Gasteiger partial charge in [-0.05, 0) is 17.5 Å². The summed E-state index contributed by atoms with van der Waals surface area (Å²) in [6.45, 7) is 0. The van der Waals surface area contributed by atoms with E-state index in [1.54, 1.807) is 0 Å². The third-order valence-electron chi connectivity index (χ3n) is 1.69. The van der Waals surface area contributed by atoms with Crippen LogP contribution < -0.4 is 0 Å². The molecule has 0 fully saturated rings. The highest BCUT2D eigenvalue weighted by Crippen LogP contribution is 2.17. The molecule has 0 unspecified atom stereocenters. The van der Waals surface area contributed by atoms with E-state index in [9.17, 15) is 0 Å². The van der Waals surface area contributed by atoms with Crippen molar-refractivity contribution in [1.29, 1.82) is 0 Å². The van der Waals surface area contributed by atoms with Crippen molar-refractivity contribution in [3.8, 4) is 0 Å². The highest BCUT2D eigenvalue weighted by molar-refractivity contribution is 5.59. The minimum atomic E-state index is 0. The van der Waals surface area contributed by atoms with Crippen molar-refractivity contribution in [2.45, 2.75) is 6.42 Å². The van der Waals surface area contributed by atoms with Gasteiger partial charge in [-0.15, -0.1) is 0 Å². The fourth-order valence-corrected chi connectivity index (χ4v) is 1.20. The van der Waals surface area contributed by atoms with E-state index < -0.39 is 0 Å². The van der Waals surface area contributed by atoms with Crippen molar-refractivity contribution < 1.29 is 9.41 Å². The molecule has 60 valence electrons. The molecule has 0 bridgehead atoms. The van der Waals surface area contributed by atoms with E-state index in [2.05, 4.69) is 36.4 Å². The van der Waals surface area contributed by atoms with Crippen LogP contribution in [0.15, 0.2) is 30.3 Å². The van der Waals surface area contributed by atoms with E-state index in [4.69, 9.17) is 0 Å². The molecule has 1 aromatic rings. The lowest BCUT2D eigenvalue weighted by Crippen LogP contribution is -1.76. The second-order valence-electron chi connectivity index (χ2n) is 2.31. The van der Waals surface area contributed by atoms with Crippen LogP contribution in [0.25, 0.3) is 6.08 Å². The molecule has 2 rings (SSSR count). The molecule has 0 amide bonds. The smallest absolute Gasteiger partial charge is 0.00882 e. The third kappa shape index (κ3) is 1.64. The Balaban J connectivity index is 0.000000500. The molecule has 1 aromatic carbocycles. The van der Waals surface area contributed by atoms with Gasteiger partial charge in [0.25, 0.3) is 0 Å². The van der Waals surface area contributed by atoms with E-state index >= 15 is 0 Å². The first kappa shape index (κ1) is 9.82. The molecule has 1 aliphatic carbocycles. The lowest BCUT2D eigenvalue weighted by atomic mass is 10.1. The molecule has 0 N–H and O–H groups in total. The van der Waals surface area contributed by atoms with E-state index in [1.807, 2.05) is 0 Å². The standard InChI is InChI=1S/C9H8.2FH/c1-2-5-9-7-3-6-8(9)4-1;;/h1-6H,7H2;2*1H. The van der Waals surface area contributed by atoms with Gasteiger partial charge in [-0.25, -0.2) is 0 Å². The van der Waals surface area contributed by atoms with Gasteiger partial charge in [0.15, 0.2) is 0 Å². The Morgan fingerprint density at radius 1 is 1.00 bits per heavy atom. The molecule has 0 saturated heterocycles. The Labute approximate surface area is 64.3 Å². The van der Waals surface area contributed by atoms with Gasteiger partial charge < -0.3 is 0 Å². The van der Waals surface area contributed by atoms with Gasteiger partial charge in [-0.3, -0.25) is 9.41 Å². The zero-order chi connectivity index (χ0) is 6.10. The van der Waals surface area contributed by atoms with Crippen LogP contribution in [0.2, 0.25) is 0 Å². The SMILES string of the molecule is C1=Cc2ccccc2C1.F.F. The average Bonchev–Trinajstić information content (AvgIpc) is 2.33. The molecule has 0 spiro atoms. The minimum Gasteiger partial charge on any atom is -0.269 e. The fourth-order valence-electron chi connectivity index (χ4n) is 1.20. The van der Waals surface area contributed by atoms with Crippen molar-refractivity contribution in [3.63, 3.8) is 0 Å². The van der Waals surface area contributed by atoms with Gasteiger partial charge >= 0.3 is 0 Å². The summed E-state index contributed by atoms with van der Waals surface area (Å²) in [7, 11) is 0. The summed E-state index contributed by atoms with van der Waals surface area (Å²) in [6, 6.07) is 8.49. The second-order valence-corrected chi connectivity index (χ2v) is 2.31. The predicted molar refractivity (Wildman–Crippen MR) is 44.2 cm³/mol. The van der Waals surface area contributed by atoms with Gasteiger partial charge in [0.05, 0.1) is 0 Å². The van der Waals surface area contributed by atoms with Crippen LogP contribution in [0.1, 0.15) is 11.1 Å². The maximum Gasteiger partial charge on any atom is -0.00882 e. The van der Waals surface area contributed by atoms with Crippen molar-refractivity contribution in [2.24, 2.45) is 0 Å². The quantitative estimate of drug-likeness (QED) is 0.541. The molecule has 0 aromatic heterocycles. The van der Waals surface area contributed by atoms with Gasteiger partial charge in [-0.1, -0.05) is 36.4 Å². The third-order valence-corrected chi connectivity index (χ3v) is 1.69. The molecule has 0 aliphatic heterocycles. The molecule has 11 heavy (non-hydrogen) atoms. The van der Waals surface area contributed by atoms with Crippen molar-refractivity contribution >= 4 is 6.08 Å². The summed E-state index contributed by atoms with van der Waals surface area (Å²) in [4.78, 5) is 0. The number of fused-ring (bicyclic) bond motifs is 1. The van der Waals surface area contributed by atoms with Crippen LogP contribution in [0.5, 0.6) is 0 Å². The summed E-state index contributed by atoms with van der Waals surface area (Å²) in [5.74, 6) is 0. The lowest BCUT2D eigenvalue weighted by Gasteiger charge is -1.93. The summed E-state index contributed by atoms with van der Waals surface area (Å²) >= 11 is 0.